The molecule has 0 radical (unpaired) electrons. The first-order chi connectivity index (χ1) is 8.70. The second-order valence-corrected chi connectivity index (χ2v) is 4.75. The number of nitrogens with one attached hydrogen (secondary N) is 1. The number of unbranched alkanes of at least 4 members (excludes halogenated alkanes) is 3. The van der Waals surface area contributed by atoms with Gasteiger partial charge in [0.2, 0.25) is 0 Å². The first kappa shape index (κ1) is 14.9. The van der Waals surface area contributed by atoms with E-state index in [2.05, 4.69) is 11.9 Å². The van der Waals surface area contributed by atoms with Crippen LogP contribution in [0.25, 0.3) is 0 Å². The monoisotopic (exact) mass is 249 g/mol. The molecule has 0 spiro atoms. The van der Waals surface area contributed by atoms with Gasteiger partial charge in [-0.1, -0.05) is 37.1 Å². The summed E-state index contributed by atoms with van der Waals surface area (Å²) in [4.78, 5) is 0. The van der Waals surface area contributed by atoms with E-state index in [0.29, 0.717) is 0 Å². The van der Waals surface area contributed by atoms with E-state index in [-0.39, 0.29) is 11.9 Å². The van der Waals surface area contributed by atoms with Gasteiger partial charge in [-0.3, -0.25) is 0 Å². The SMILES string of the molecule is C=CCCCCCC(NC)c1cccc(C)c1F. The first-order valence-electron chi connectivity index (χ1n) is 6.74. The third kappa shape index (κ3) is 4.26. The predicted octanol–water partition coefficient (Wildman–Crippen LogP) is 4.53. The second-order valence-electron chi connectivity index (χ2n) is 4.75. The molecule has 100 valence electrons. The van der Waals surface area contributed by atoms with Crippen LogP contribution in [0.2, 0.25) is 0 Å². The smallest absolute Gasteiger partial charge is 0.130 e. The van der Waals surface area contributed by atoms with E-state index < -0.39 is 0 Å². The molecule has 1 rings (SSSR count). The normalized spacial score (nSPS) is 12.4. The van der Waals surface area contributed by atoms with Crippen LogP contribution < -0.4 is 5.32 Å². The molecule has 0 aliphatic heterocycles. The number of hydrogen-bond donors (Lipinski definition) is 1. The van der Waals surface area contributed by atoms with Crippen molar-refractivity contribution in [1.82, 2.24) is 5.32 Å². The fourth-order valence-electron chi connectivity index (χ4n) is 2.21. The molecule has 0 amide bonds. The van der Waals surface area contributed by atoms with E-state index in [4.69, 9.17) is 0 Å². The minimum atomic E-state index is -0.0667. The van der Waals surface area contributed by atoms with Crippen molar-refractivity contribution in [2.75, 3.05) is 7.05 Å². The Hall–Kier alpha value is -1.15. The highest BCUT2D eigenvalue weighted by atomic mass is 19.1. The van der Waals surface area contributed by atoms with Gasteiger partial charge in [0.1, 0.15) is 5.82 Å². The lowest BCUT2D eigenvalue weighted by Crippen LogP contribution is -2.18. The molecule has 0 bridgehead atoms. The Balaban J connectivity index is 2.55. The van der Waals surface area contributed by atoms with E-state index in [9.17, 15) is 4.39 Å². The van der Waals surface area contributed by atoms with E-state index in [0.717, 1.165) is 30.4 Å². The Labute approximate surface area is 110 Å². The quantitative estimate of drug-likeness (QED) is 0.527. The van der Waals surface area contributed by atoms with Gasteiger partial charge >= 0.3 is 0 Å². The van der Waals surface area contributed by atoms with Crippen molar-refractivity contribution in [2.45, 2.75) is 45.1 Å². The zero-order valence-corrected chi connectivity index (χ0v) is 11.5. The number of halogens is 1. The number of aryl methyl sites for hydroxylation is 1. The number of rotatable bonds is 8. The minimum Gasteiger partial charge on any atom is -0.313 e. The van der Waals surface area contributed by atoms with Crippen LogP contribution in [0.3, 0.4) is 0 Å². The lowest BCUT2D eigenvalue weighted by Gasteiger charge is -2.18. The Kier molecular flexibility index (Phi) is 6.66. The van der Waals surface area contributed by atoms with Gasteiger partial charge in [-0.15, -0.1) is 6.58 Å². The van der Waals surface area contributed by atoms with Crippen LogP contribution >= 0.6 is 0 Å². The van der Waals surface area contributed by atoms with Crippen LogP contribution in [0.15, 0.2) is 30.9 Å². The van der Waals surface area contributed by atoms with E-state index >= 15 is 0 Å². The molecule has 1 aromatic carbocycles. The van der Waals surface area contributed by atoms with Gasteiger partial charge < -0.3 is 5.32 Å². The Bertz CT molecular complexity index is 373. The van der Waals surface area contributed by atoms with Crippen molar-refractivity contribution in [3.05, 3.63) is 47.8 Å². The molecular weight excluding hydrogens is 225 g/mol. The molecule has 0 saturated carbocycles. The lowest BCUT2D eigenvalue weighted by molar-refractivity contribution is 0.480. The van der Waals surface area contributed by atoms with E-state index in [1.54, 1.807) is 0 Å². The highest BCUT2D eigenvalue weighted by Crippen LogP contribution is 2.24. The third-order valence-corrected chi connectivity index (χ3v) is 3.35. The molecule has 0 aliphatic carbocycles. The second kappa shape index (κ2) is 8.04. The molecule has 1 atom stereocenters. The van der Waals surface area contributed by atoms with Crippen LogP contribution in [-0.2, 0) is 0 Å². The van der Waals surface area contributed by atoms with Gasteiger partial charge in [0.15, 0.2) is 0 Å². The van der Waals surface area contributed by atoms with Crippen LogP contribution in [0.4, 0.5) is 4.39 Å². The summed E-state index contributed by atoms with van der Waals surface area (Å²) in [7, 11) is 1.90. The Morgan fingerprint density at radius 3 is 2.78 bits per heavy atom. The molecule has 2 heteroatoms. The van der Waals surface area contributed by atoms with Crippen LogP contribution in [0.5, 0.6) is 0 Å². The summed E-state index contributed by atoms with van der Waals surface area (Å²) in [6.45, 7) is 5.53. The van der Waals surface area contributed by atoms with E-state index in [1.165, 1.54) is 12.8 Å². The molecular formula is C16H24FN. The highest BCUT2D eigenvalue weighted by Gasteiger charge is 2.14. The number of benzene rings is 1. The lowest BCUT2D eigenvalue weighted by atomic mass is 9.98. The van der Waals surface area contributed by atoms with Gasteiger partial charge in [-0.2, -0.15) is 0 Å². The summed E-state index contributed by atoms with van der Waals surface area (Å²) >= 11 is 0. The molecule has 18 heavy (non-hydrogen) atoms. The molecule has 0 saturated heterocycles. The van der Waals surface area contributed by atoms with Gasteiger partial charge in [0.25, 0.3) is 0 Å². The number of hydrogen-bond acceptors (Lipinski definition) is 1. The summed E-state index contributed by atoms with van der Waals surface area (Å²) in [6, 6.07) is 5.74. The molecule has 1 nitrogen and oxygen atoms in total. The predicted molar refractivity (Wildman–Crippen MR) is 76.2 cm³/mol. The van der Waals surface area contributed by atoms with Crippen LogP contribution in [-0.4, -0.2) is 7.05 Å². The van der Waals surface area contributed by atoms with Crippen LogP contribution in [0, 0.1) is 12.7 Å². The van der Waals surface area contributed by atoms with Crippen molar-refractivity contribution in [3.8, 4) is 0 Å². The molecule has 0 heterocycles. The average molecular weight is 249 g/mol. The topological polar surface area (TPSA) is 12.0 Å². The maximum Gasteiger partial charge on any atom is 0.130 e. The van der Waals surface area contributed by atoms with Crippen molar-refractivity contribution in [3.63, 3.8) is 0 Å². The van der Waals surface area contributed by atoms with Crippen molar-refractivity contribution < 1.29 is 4.39 Å². The summed E-state index contributed by atoms with van der Waals surface area (Å²) in [5.41, 5.74) is 1.51. The fourth-order valence-corrected chi connectivity index (χ4v) is 2.21. The summed E-state index contributed by atoms with van der Waals surface area (Å²) in [5.74, 6) is -0.0667. The molecule has 0 aliphatic rings. The molecule has 0 aromatic heterocycles. The third-order valence-electron chi connectivity index (χ3n) is 3.35. The maximum absolute atomic E-state index is 14.0. The summed E-state index contributed by atoms with van der Waals surface area (Å²) in [5, 5.41) is 3.22. The fraction of sp³-hybridized carbons (Fsp3) is 0.500. The maximum atomic E-state index is 14.0. The Morgan fingerprint density at radius 2 is 2.11 bits per heavy atom. The first-order valence-corrected chi connectivity index (χ1v) is 6.74. The van der Waals surface area contributed by atoms with Crippen molar-refractivity contribution in [1.29, 1.82) is 0 Å². The highest BCUT2D eigenvalue weighted by molar-refractivity contribution is 5.27. The molecule has 1 aromatic rings. The zero-order valence-electron chi connectivity index (χ0n) is 11.5. The average Bonchev–Trinajstić information content (AvgIpc) is 2.38. The molecule has 0 fully saturated rings. The van der Waals surface area contributed by atoms with Gasteiger partial charge in [-0.25, -0.2) is 4.39 Å². The largest absolute Gasteiger partial charge is 0.313 e. The summed E-state index contributed by atoms with van der Waals surface area (Å²) in [6.07, 6.45) is 7.48. The van der Waals surface area contributed by atoms with Gasteiger partial charge in [0, 0.05) is 11.6 Å². The number of allylic oxidation sites excluding steroid dienone is 1. The minimum absolute atomic E-state index is 0.0667. The van der Waals surface area contributed by atoms with E-state index in [1.807, 2.05) is 38.2 Å². The van der Waals surface area contributed by atoms with Gasteiger partial charge in [-0.05, 0) is 38.8 Å². The zero-order chi connectivity index (χ0) is 13.4. The standard InChI is InChI=1S/C16H24FN/c1-4-5-6-7-8-12-15(18-3)14-11-9-10-13(2)16(14)17/h4,9-11,15,18H,1,5-8,12H2,2-3H3. The van der Waals surface area contributed by atoms with Crippen molar-refractivity contribution >= 4 is 0 Å². The van der Waals surface area contributed by atoms with Crippen LogP contribution in [0.1, 0.15) is 49.3 Å². The molecule has 1 unspecified atom stereocenters. The van der Waals surface area contributed by atoms with Crippen molar-refractivity contribution in [2.24, 2.45) is 0 Å². The summed E-state index contributed by atoms with van der Waals surface area (Å²) < 4.78 is 14.0. The Morgan fingerprint density at radius 1 is 1.33 bits per heavy atom. The van der Waals surface area contributed by atoms with Gasteiger partial charge in [0.05, 0.1) is 0 Å². The molecule has 1 N–H and O–H groups in total.